The molecule has 1 aliphatic heterocycles. The molecular formula is C18H24N4O. The second-order valence-corrected chi connectivity index (χ2v) is 6.14. The smallest absolute Gasteiger partial charge is 0.266 e. The van der Waals surface area contributed by atoms with E-state index in [-0.39, 0.29) is 5.56 Å². The van der Waals surface area contributed by atoms with Crippen molar-refractivity contribution in [2.24, 2.45) is 0 Å². The van der Waals surface area contributed by atoms with Crippen LogP contribution in [0.15, 0.2) is 47.3 Å². The predicted octanol–water partition coefficient (Wildman–Crippen LogP) is 1.37. The first-order valence-corrected chi connectivity index (χ1v) is 8.24. The average molecular weight is 312 g/mol. The SMILES string of the molecule is Cc1ccc(=O)n(CCN2CCN(Cc3ccccc3)CC2)n1. The molecule has 1 aliphatic rings. The molecular weight excluding hydrogens is 288 g/mol. The molecule has 2 heterocycles. The zero-order valence-corrected chi connectivity index (χ0v) is 13.7. The Hall–Kier alpha value is -1.98. The van der Waals surface area contributed by atoms with Gasteiger partial charge in [-0.1, -0.05) is 30.3 Å². The van der Waals surface area contributed by atoms with Crippen molar-refractivity contribution in [3.05, 3.63) is 64.1 Å². The summed E-state index contributed by atoms with van der Waals surface area (Å²) in [5, 5.41) is 4.29. The molecule has 1 aromatic carbocycles. The number of hydrogen-bond acceptors (Lipinski definition) is 4. The highest BCUT2D eigenvalue weighted by Gasteiger charge is 2.16. The maximum atomic E-state index is 11.8. The maximum absolute atomic E-state index is 11.8. The molecule has 0 saturated carbocycles. The zero-order valence-electron chi connectivity index (χ0n) is 13.7. The Balaban J connectivity index is 1.46. The minimum Gasteiger partial charge on any atom is -0.299 e. The summed E-state index contributed by atoms with van der Waals surface area (Å²) in [5.41, 5.74) is 2.24. The summed E-state index contributed by atoms with van der Waals surface area (Å²) in [4.78, 5) is 16.7. The van der Waals surface area contributed by atoms with Gasteiger partial charge in [0.15, 0.2) is 0 Å². The van der Waals surface area contributed by atoms with Gasteiger partial charge in [-0.3, -0.25) is 14.6 Å². The number of hydrogen-bond donors (Lipinski definition) is 0. The quantitative estimate of drug-likeness (QED) is 0.836. The number of piperazine rings is 1. The van der Waals surface area contributed by atoms with Crippen LogP contribution in [0, 0.1) is 6.92 Å². The summed E-state index contributed by atoms with van der Waals surface area (Å²) >= 11 is 0. The van der Waals surface area contributed by atoms with Gasteiger partial charge in [-0.25, -0.2) is 4.68 Å². The molecule has 0 radical (unpaired) electrons. The maximum Gasteiger partial charge on any atom is 0.266 e. The highest BCUT2D eigenvalue weighted by Crippen LogP contribution is 2.08. The van der Waals surface area contributed by atoms with E-state index in [0.29, 0.717) is 6.54 Å². The van der Waals surface area contributed by atoms with Crippen LogP contribution in [0.4, 0.5) is 0 Å². The van der Waals surface area contributed by atoms with Crippen molar-refractivity contribution in [2.45, 2.75) is 20.0 Å². The molecule has 0 bridgehead atoms. The van der Waals surface area contributed by atoms with Crippen LogP contribution in [0.5, 0.6) is 0 Å². The highest BCUT2D eigenvalue weighted by atomic mass is 16.1. The second kappa shape index (κ2) is 7.53. The minimum atomic E-state index is -0.0155. The zero-order chi connectivity index (χ0) is 16.1. The third-order valence-corrected chi connectivity index (χ3v) is 4.34. The summed E-state index contributed by atoms with van der Waals surface area (Å²) < 4.78 is 1.58. The van der Waals surface area contributed by atoms with Crippen LogP contribution in [0.3, 0.4) is 0 Å². The van der Waals surface area contributed by atoms with E-state index in [4.69, 9.17) is 0 Å². The Morgan fingerprint density at radius 2 is 1.61 bits per heavy atom. The molecule has 0 unspecified atom stereocenters. The van der Waals surface area contributed by atoms with Crippen molar-refractivity contribution in [3.63, 3.8) is 0 Å². The number of benzene rings is 1. The van der Waals surface area contributed by atoms with Crippen molar-refractivity contribution in [2.75, 3.05) is 32.7 Å². The molecule has 122 valence electrons. The first-order valence-electron chi connectivity index (χ1n) is 8.24. The van der Waals surface area contributed by atoms with E-state index in [1.807, 2.05) is 6.92 Å². The lowest BCUT2D eigenvalue weighted by molar-refractivity contribution is 0.122. The number of rotatable bonds is 5. The molecule has 5 nitrogen and oxygen atoms in total. The lowest BCUT2D eigenvalue weighted by Crippen LogP contribution is -2.47. The molecule has 2 aromatic rings. The molecule has 3 rings (SSSR count). The van der Waals surface area contributed by atoms with E-state index in [1.165, 1.54) is 5.56 Å². The number of aromatic nitrogens is 2. The molecule has 1 aromatic heterocycles. The van der Waals surface area contributed by atoms with Crippen LogP contribution in [-0.4, -0.2) is 52.3 Å². The van der Waals surface area contributed by atoms with Crippen LogP contribution < -0.4 is 5.56 Å². The van der Waals surface area contributed by atoms with Gasteiger partial charge in [-0.2, -0.15) is 5.10 Å². The lowest BCUT2D eigenvalue weighted by atomic mass is 10.2. The van der Waals surface area contributed by atoms with Gasteiger partial charge in [-0.05, 0) is 18.6 Å². The van der Waals surface area contributed by atoms with E-state index >= 15 is 0 Å². The van der Waals surface area contributed by atoms with E-state index in [0.717, 1.165) is 45.0 Å². The van der Waals surface area contributed by atoms with Crippen molar-refractivity contribution in [1.82, 2.24) is 19.6 Å². The first kappa shape index (κ1) is 15.9. The van der Waals surface area contributed by atoms with Crippen LogP contribution in [0.1, 0.15) is 11.3 Å². The summed E-state index contributed by atoms with van der Waals surface area (Å²) in [6.07, 6.45) is 0. The fraction of sp³-hybridized carbons (Fsp3) is 0.444. The molecule has 5 heteroatoms. The molecule has 1 saturated heterocycles. The van der Waals surface area contributed by atoms with Crippen molar-refractivity contribution >= 4 is 0 Å². The van der Waals surface area contributed by atoms with Crippen LogP contribution >= 0.6 is 0 Å². The highest BCUT2D eigenvalue weighted by molar-refractivity contribution is 5.14. The molecule has 0 amide bonds. The van der Waals surface area contributed by atoms with Gasteiger partial charge in [-0.15, -0.1) is 0 Å². The molecule has 23 heavy (non-hydrogen) atoms. The molecule has 0 aliphatic carbocycles. The van der Waals surface area contributed by atoms with Crippen molar-refractivity contribution in [1.29, 1.82) is 0 Å². The molecule has 0 N–H and O–H groups in total. The first-order chi connectivity index (χ1) is 11.2. The van der Waals surface area contributed by atoms with Gasteiger partial charge >= 0.3 is 0 Å². The Labute approximate surface area is 137 Å². The Kier molecular flexibility index (Phi) is 5.20. The molecule has 0 atom stereocenters. The van der Waals surface area contributed by atoms with E-state index in [2.05, 4.69) is 45.2 Å². The van der Waals surface area contributed by atoms with Crippen LogP contribution in [-0.2, 0) is 13.1 Å². The largest absolute Gasteiger partial charge is 0.299 e. The summed E-state index contributed by atoms with van der Waals surface area (Å²) in [7, 11) is 0. The van der Waals surface area contributed by atoms with Gasteiger partial charge in [0.25, 0.3) is 5.56 Å². The Bertz CT molecular complexity index is 675. The van der Waals surface area contributed by atoms with Gasteiger partial charge < -0.3 is 0 Å². The third-order valence-electron chi connectivity index (χ3n) is 4.34. The second-order valence-electron chi connectivity index (χ2n) is 6.14. The molecule has 0 spiro atoms. The lowest BCUT2D eigenvalue weighted by Gasteiger charge is -2.34. The standard InChI is InChI=1S/C18H24N4O/c1-16-7-8-18(23)22(19-16)14-13-20-9-11-21(12-10-20)15-17-5-3-2-4-6-17/h2-8H,9-15H2,1H3. The summed E-state index contributed by atoms with van der Waals surface area (Å²) in [5.74, 6) is 0. The minimum absolute atomic E-state index is 0.0155. The summed E-state index contributed by atoms with van der Waals surface area (Å²) in [6, 6.07) is 14.0. The van der Waals surface area contributed by atoms with Crippen LogP contribution in [0.2, 0.25) is 0 Å². The van der Waals surface area contributed by atoms with Crippen molar-refractivity contribution in [3.8, 4) is 0 Å². The van der Waals surface area contributed by atoms with Crippen LogP contribution in [0.25, 0.3) is 0 Å². The normalized spacial score (nSPS) is 16.6. The fourth-order valence-corrected chi connectivity index (χ4v) is 2.96. The van der Waals surface area contributed by atoms with Gasteiger partial charge in [0.1, 0.15) is 0 Å². The summed E-state index contributed by atoms with van der Waals surface area (Å²) in [6.45, 7) is 8.73. The van der Waals surface area contributed by atoms with Gasteiger partial charge in [0, 0.05) is 45.3 Å². The van der Waals surface area contributed by atoms with E-state index in [9.17, 15) is 4.79 Å². The van der Waals surface area contributed by atoms with Gasteiger partial charge in [0.05, 0.1) is 12.2 Å². The number of aryl methyl sites for hydroxylation is 1. The van der Waals surface area contributed by atoms with Crippen molar-refractivity contribution < 1.29 is 0 Å². The predicted molar refractivity (Wildman–Crippen MR) is 91.4 cm³/mol. The average Bonchev–Trinajstić information content (AvgIpc) is 2.58. The number of nitrogens with zero attached hydrogens (tertiary/aromatic N) is 4. The Morgan fingerprint density at radius 1 is 0.913 bits per heavy atom. The Morgan fingerprint density at radius 3 is 2.35 bits per heavy atom. The topological polar surface area (TPSA) is 41.4 Å². The fourth-order valence-electron chi connectivity index (χ4n) is 2.96. The third kappa shape index (κ3) is 4.50. The molecule has 1 fully saturated rings. The van der Waals surface area contributed by atoms with E-state index in [1.54, 1.807) is 16.8 Å². The monoisotopic (exact) mass is 312 g/mol. The van der Waals surface area contributed by atoms with Gasteiger partial charge in [0.2, 0.25) is 0 Å². The van der Waals surface area contributed by atoms with E-state index < -0.39 is 0 Å².